The van der Waals surface area contributed by atoms with E-state index in [0.29, 0.717) is 13.1 Å². The Morgan fingerprint density at radius 2 is 1.53 bits per heavy atom. The summed E-state index contributed by atoms with van der Waals surface area (Å²) in [4.78, 5) is 0. The lowest BCUT2D eigenvalue weighted by Gasteiger charge is -2.44. The first-order valence-corrected chi connectivity index (χ1v) is 5.81. The number of nitrogens with two attached hydrogens (primary N) is 1. The van der Waals surface area contributed by atoms with Gasteiger partial charge in [-0.1, -0.05) is 0 Å². The minimum atomic E-state index is -0.206. The number of hydrogen-bond acceptors (Lipinski definition) is 6. The van der Waals surface area contributed by atoms with E-state index in [2.05, 4.69) is 5.32 Å². The van der Waals surface area contributed by atoms with Crippen molar-refractivity contribution in [2.45, 2.75) is 30.5 Å². The molecule has 1 heterocycles. The van der Waals surface area contributed by atoms with Gasteiger partial charge in [0.1, 0.15) is 18.3 Å². The van der Waals surface area contributed by atoms with Crippen LogP contribution in [0.25, 0.3) is 0 Å². The van der Waals surface area contributed by atoms with Crippen molar-refractivity contribution >= 4 is 0 Å². The van der Waals surface area contributed by atoms with Crippen molar-refractivity contribution in [3.8, 4) is 0 Å². The first-order chi connectivity index (χ1) is 8.23. The fourth-order valence-corrected chi connectivity index (χ4v) is 2.38. The zero-order valence-electron chi connectivity index (χ0n) is 11.0. The Bertz CT molecular complexity index is 218. The number of methoxy groups -OCH3 is 3. The number of likely N-dealkylation sites (N-methyl/N-ethyl adjacent to an activating group) is 1. The summed E-state index contributed by atoms with van der Waals surface area (Å²) in [6.07, 6.45) is -0.807. The third kappa shape index (κ3) is 3.15. The summed E-state index contributed by atoms with van der Waals surface area (Å²) in [5.74, 6) is 0. The highest BCUT2D eigenvalue weighted by Crippen LogP contribution is 2.26. The van der Waals surface area contributed by atoms with Crippen LogP contribution in [-0.4, -0.2) is 72.0 Å². The molecule has 0 aliphatic carbocycles. The number of hydrogen-bond donors (Lipinski definition) is 2. The number of rotatable bonds is 6. The zero-order chi connectivity index (χ0) is 12.8. The smallest absolute Gasteiger partial charge is 0.115 e. The lowest BCUT2D eigenvalue weighted by atomic mass is 9.94. The molecular weight excluding hydrogens is 224 g/mol. The molecule has 6 nitrogen and oxygen atoms in total. The molecule has 3 N–H and O–H groups in total. The highest BCUT2D eigenvalue weighted by molar-refractivity contribution is 4.95. The quantitative estimate of drug-likeness (QED) is 0.626. The zero-order valence-corrected chi connectivity index (χ0v) is 11.0. The normalized spacial score (nSPS) is 38.3. The van der Waals surface area contributed by atoms with Crippen LogP contribution in [0.1, 0.15) is 0 Å². The van der Waals surface area contributed by atoms with Crippen LogP contribution in [0.5, 0.6) is 0 Å². The molecule has 0 aromatic heterocycles. The van der Waals surface area contributed by atoms with E-state index in [1.807, 2.05) is 7.05 Å². The van der Waals surface area contributed by atoms with Crippen molar-refractivity contribution in [1.29, 1.82) is 0 Å². The molecule has 0 radical (unpaired) electrons. The molecule has 1 fully saturated rings. The topological polar surface area (TPSA) is 75.0 Å². The predicted molar refractivity (Wildman–Crippen MR) is 64.0 cm³/mol. The van der Waals surface area contributed by atoms with Crippen molar-refractivity contribution in [2.24, 2.45) is 5.73 Å². The third-order valence-electron chi connectivity index (χ3n) is 3.18. The lowest BCUT2D eigenvalue weighted by molar-refractivity contribution is -0.237. The van der Waals surface area contributed by atoms with Crippen LogP contribution < -0.4 is 11.1 Å². The number of ether oxygens (including phenoxy) is 4. The Labute approximate surface area is 103 Å². The molecule has 0 saturated carbocycles. The molecular formula is C11H24N2O4. The van der Waals surface area contributed by atoms with Gasteiger partial charge in [0.2, 0.25) is 0 Å². The molecule has 5 unspecified atom stereocenters. The van der Waals surface area contributed by atoms with Gasteiger partial charge in [0.05, 0.1) is 12.2 Å². The Morgan fingerprint density at radius 3 is 1.94 bits per heavy atom. The van der Waals surface area contributed by atoms with E-state index in [9.17, 15) is 0 Å². The second-order valence-corrected chi connectivity index (χ2v) is 4.11. The molecule has 5 atom stereocenters. The average Bonchev–Trinajstić information content (AvgIpc) is 2.37. The molecule has 1 aliphatic heterocycles. The van der Waals surface area contributed by atoms with Crippen molar-refractivity contribution in [1.82, 2.24) is 5.32 Å². The van der Waals surface area contributed by atoms with Gasteiger partial charge in [-0.3, -0.25) is 0 Å². The Kier molecular flexibility index (Phi) is 6.32. The highest BCUT2D eigenvalue weighted by Gasteiger charge is 2.45. The maximum atomic E-state index is 5.90. The van der Waals surface area contributed by atoms with Gasteiger partial charge < -0.3 is 30.0 Å². The van der Waals surface area contributed by atoms with Gasteiger partial charge in [-0.25, -0.2) is 0 Å². The molecule has 1 saturated heterocycles. The summed E-state index contributed by atoms with van der Waals surface area (Å²) in [6, 6.07) is 0. The Hall–Kier alpha value is -0.240. The second kappa shape index (κ2) is 7.25. The van der Waals surface area contributed by atoms with Crippen molar-refractivity contribution in [2.75, 3.05) is 41.5 Å². The maximum Gasteiger partial charge on any atom is 0.115 e. The van der Waals surface area contributed by atoms with Crippen LogP contribution in [0.2, 0.25) is 0 Å². The molecule has 0 aromatic rings. The predicted octanol–water partition coefficient (Wildman–Crippen LogP) is -1.02. The second-order valence-electron chi connectivity index (χ2n) is 4.11. The minimum Gasteiger partial charge on any atom is -0.376 e. The van der Waals surface area contributed by atoms with Crippen molar-refractivity contribution in [3.05, 3.63) is 0 Å². The Morgan fingerprint density at radius 1 is 1.00 bits per heavy atom. The first kappa shape index (κ1) is 14.8. The van der Waals surface area contributed by atoms with Gasteiger partial charge in [-0.2, -0.15) is 0 Å². The monoisotopic (exact) mass is 248 g/mol. The lowest BCUT2D eigenvalue weighted by Crippen LogP contribution is -2.62. The van der Waals surface area contributed by atoms with E-state index >= 15 is 0 Å². The summed E-state index contributed by atoms with van der Waals surface area (Å²) in [5, 5.41) is 3.08. The highest BCUT2D eigenvalue weighted by atomic mass is 16.6. The molecule has 102 valence electrons. The van der Waals surface area contributed by atoms with Gasteiger partial charge in [-0.05, 0) is 7.05 Å². The van der Waals surface area contributed by atoms with Gasteiger partial charge in [0, 0.05) is 34.4 Å². The summed E-state index contributed by atoms with van der Waals surface area (Å²) in [7, 11) is 6.81. The molecule has 0 bridgehead atoms. The van der Waals surface area contributed by atoms with Crippen LogP contribution in [-0.2, 0) is 18.9 Å². The molecule has 17 heavy (non-hydrogen) atoms. The van der Waals surface area contributed by atoms with Crippen LogP contribution in [0.15, 0.2) is 0 Å². The fourth-order valence-electron chi connectivity index (χ4n) is 2.38. The molecule has 1 aliphatic rings. The van der Waals surface area contributed by atoms with Crippen LogP contribution in [0.4, 0.5) is 0 Å². The third-order valence-corrected chi connectivity index (χ3v) is 3.18. The van der Waals surface area contributed by atoms with Gasteiger partial charge >= 0.3 is 0 Å². The first-order valence-electron chi connectivity index (χ1n) is 5.81. The Balaban J connectivity index is 2.84. The van der Waals surface area contributed by atoms with Gasteiger partial charge in [-0.15, -0.1) is 0 Å². The molecule has 0 spiro atoms. The standard InChI is InChI=1S/C11H24N2O4/c1-13-6-8-10(15-3)11(16-4)9(14-2)7(5-12)17-8/h7-11,13H,5-6,12H2,1-4H3. The van der Waals surface area contributed by atoms with E-state index in [4.69, 9.17) is 24.7 Å². The molecule has 0 amide bonds. The van der Waals surface area contributed by atoms with E-state index in [1.165, 1.54) is 0 Å². The van der Waals surface area contributed by atoms with Crippen LogP contribution in [0, 0.1) is 0 Å². The summed E-state index contributed by atoms with van der Waals surface area (Å²) in [5.41, 5.74) is 5.71. The van der Waals surface area contributed by atoms with E-state index in [-0.39, 0.29) is 30.5 Å². The van der Waals surface area contributed by atoms with Crippen molar-refractivity contribution in [3.63, 3.8) is 0 Å². The largest absolute Gasteiger partial charge is 0.376 e. The molecule has 1 rings (SSSR count). The fraction of sp³-hybridized carbons (Fsp3) is 1.00. The van der Waals surface area contributed by atoms with E-state index in [0.717, 1.165) is 0 Å². The molecule has 0 aromatic carbocycles. The van der Waals surface area contributed by atoms with Crippen LogP contribution in [0.3, 0.4) is 0 Å². The summed E-state index contributed by atoms with van der Waals surface area (Å²) < 4.78 is 22.3. The van der Waals surface area contributed by atoms with Crippen LogP contribution >= 0.6 is 0 Å². The maximum absolute atomic E-state index is 5.90. The SMILES string of the molecule is CNCC1OC(CN)C(OC)C(OC)C1OC. The minimum absolute atomic E-state index is 0.0881. The van der Waals surface area contributed by atoms with Gasteiger partial charge in [0.15, 0.2) is 0 Å². The average molecular weight is 248 g/mol. The number of nitrogens with one attached hydrogen (secondary N) is 1. The summed E-state index contributed by atoms with van der Waals surface area (Å²) in [6.45, 7) is 1.08. The van der Waals surface area contributed by atoms with E-state index < -0.39 is 0 Å². The molecule has 6 heteroatoms. The van der Waals surface area contributed by atoms with Crippen molar-refractivity contribution < 1.29 is 18.9 Å². The van der Waals surface area contributed by atoms with Gasteiger partial charge in [0.25, 0.3) is 0 Å². The van der Waals surface area contributed by atoms with E-state index in [1.54, 1.807) is 21.3 Å². The summed E-state index contributed by atoms with van der Waals surface area (Å²) >= 11 is 0.